The van der Waals surface area contributed by atoms with Gasteiger partial charge in [0.15, 0.2) is 5.69 Å². The summed E-state index contributed by atoms with van der Waals surface area (Å²) in [4.78, 5) is 22.5. The maximum absolute atomic E-state index is 10.6. The number of imidazole rings is 1. The van der Waals surface area contributed by atoms with E-state index in [1.54, 1.807) is 6.20 Å². The molecule has 0 bridgehead atoms. The fourth-order valence-corrected chi connectivity index (χ4v) is 1.49. The van der Waals surface area contributed by atoms with Crippen molar-refractivity contribution in [2.75, 3.05) is 5.32 Å². The summed E-state index contributed by atoms with van der Waals surface area (Å²) in [6.45, 7) is 3.40. The van der Waals surface area contributed by atoms with Crippen LogP contribution in [-0.2, 0) is 13.1 Å². The number of nitrogens with one attached hydrogen (secondary N) is 1. The molecule has 0 atom stereocenters. The third kappa shape index (κ3) is 2.62. The molecule has 7 nitrogen and oxygen atoms in total. The number of carboxylic acid groups (broad SMARTS) is 1. The molecule has 2 aromatic heterocycles. The van der Waals surface area contributed by atoms with Crippen molar-refractivity contribution in [1.82, 2.24) is 19.5 Å². The van der Waals surface area contributed by atoms with Crippen LogP contribution in [-0.4, -0.2) is 30.6 Å². The molecule has 94 valence electrons. The first kappa shape index (κ1) is 12.0. The maximum Gasteiger partial charge on any atom is 0.356 e. The van der Waals surface area contributed by atoms with Gasteiger partial charge in [0.05, 0.1) is 18.9 Å². The van der Waals surface area contributed by atoms with Crippen LogP contribution in [0.2, 0.25) is 0 Å². The molecule has 2 rings (SSSR count). The Hall–Kier alpha value is -2.44. The van der Waals surface area contributed by atoms with Gasteiger partial charge in [-0.15, -0.1) is 0 Å². The van der Waals surface area contributed by atoms with E-state index in [0.717, 1.165) is 12.4 Å². The molecule has 0 saturated carbocycles. The van der Waals surface area contributed by atoms with Gasteiger partial charge in [-0.05, 0) is 6.92 Å². The first-order chi connectivity index (χ1) is 8.70. The normalized spacial score (nSPS) is 10.3. The predicted octanol–water partition coefficient (Wildman–Crippen LogP) is 1.00. The molecular weight excluding hydrogens is 234 g/mol. The van der Waals surface area contributed by atoms with Gasteiger partial charge in [-0.3, -0.25) is 0 Å². The highest BCUT2D eigenvalue weighted by Gasteiger charge is 2.05. The number of aryl methyl sites for hydroxylation is 1. The van der Waals surface area contributed by atoms with Gasteiger partial charge in [0.1, 0.15) is 11.6 Å². The van der Waals surface area contributed by atoms with Crippen LogP contribution in [0.25, 0.3) is 0 Å². The molecule has 2 heterocycles. The van der Waals surface area contributed by atoms with Gasteiger partial charge in [-0.1, -0.05) is 0 Å². The second-order valence-corrected chi connectivity index (χ2v) is 3.58. The number of hydrogen-bond donors (Lipinski definition) is 2. The van der Waals surface area contributed by atoms with E-state index in [1.807, 2.05) is 17.7 Å². The Morgan fingerprint density at radius 1 is 1.39 bits per heavy atom. The van der Waals surface area contributed by atoms with Gasteiger partial charge in [0.25, 0.3) is 0 Å². The van der Waals surface area contributed by atoms with Gasteiger partial charge in [0.2, 0.25) is 0 Å². The zero-order chi connectivity index (χ0) is 13.0. The molecule has 2 N–H and O–H groups in total. The molecule has 0 spiro atoms. The van der Waals surface area contributed by atoms with E-state index in [0.29, 0.717) is 12.4 Å². The minimum absolute atomic E-state index is 0.0735. The molecule has 7 heteroatoms. The zero-order valence-corrected chi connectivity index (χ0v) is 9.87. The lowest BCUT2D eigenvalue weighted by Crippen LogP contribution is -2.09. The fourth-order valence-electron chi connectivity index (χ4n) is 1.49. The van der Waals surface area contributed by atoms with Crippen molar-refractivity contribution in [2.45, 2.75) is 20.0 Å². The van der Waals surface area contributed by atoms with E-state index in [2.05, 4.69) is 20.3 Å². The Balaban J connectivity index is 2.00. The minimum atomic E-state index is -1.09. The first-order valence-corrected chi connectivity index (χ1v) is 5.50. The van der Waals surface area contributed by atoms with Crippen LogP contribution in [0.3, 0.4) is 0 Å². The van der Waals surface area contributed by atoms with Crippen LogP contribution in [0.15, 0.2) is 24.8 Å². The Kier molecular flexibility index (Phi) is 3.52. The van der Waals surface area contributed by atoms with Crippen LogP contribution in [0, 0.1) is 0 Å². The smallest absolute Gasteiger partial charge is 0.356 e. The Morgan fingerprint density at radius 2 is 2.22 bits per heavy atom. The highest BCUT2D eigenvalue weighted by Crippen LogP contribution is 2.04. The monoisotopic (exact) mass is 247 g/mol. The van der Waals surface area contributed by atoms with E-state index in [-0.39, 0.29) is 5.69 Å². The van der Waals surface area contributed by atoms with Gasteiger partial charge in [-0.2, -0.15) is 0 Å². The largest absolute Gasteiger partial charge is 0.476 e. The molecule has 0 amide bonds. The summed E-state index contributed by atoms with van der Waals surface area (Å²) in [5.41, 5.74) is -0.0735. The molecular formula is C11H13N5O2. The highest BCUT2D eigenvalue weighted by atomic mass is 16.4. The predicted molar refractivity (Wildman–Crippen MR) is 64.2 cm³/mol. The van der Waals surface area contributed by atoms with E-state index in [1.165, 1.54) is 12.4 Å². The highest BCUT2D eigenvalue weighted by molar-refractivity contribution is 5.84. The molecule has 0 aromatic carbocycles. The number of carboxylic acids is 1. The molecule has 0 aliphatic rings. The molecule has 18 heavy (non-hydrogen) atoms. The lowest BCUT2D eigenvalue weighted by Gasteiger charge is -2.06. The maximum atomic E-state index is 10.6. The summed E-state index contributed by atoms with van der Waals surface area (Å²) in [7, 11) is 0. The van der Waals surface area contributed by atoms with Crippen LogP contribution < -0.4 is 5.32 Å². The number of aromatic nitrogens is 4. The third-order valence-electron chi connectivity index (χ3n) is 2.44. The molecule has 0 aliphatic heterocycles. The summed E-state index contributed by atoms with van der Waals surface area (Å²) >= 11 is 0. The van der Waals surface area contributed by atoms with Crippen molar-refractivity contribution in [3.63, 3.8) is 0 Å². The van der Waals surface area contributed by atoms with Gasteiger partial charge < -0.3 is 15.0 Å². The second kappa shape index (κ2) is 5.26. The van der Waals surface area contributed by atoms with Crippen LogP contribution in [0.4, 0.5) is 5.82 Å². The molecule has 0 radical (unpaired) electrons. The summed E-state index contributed by atoms with van der Waals surface area (Å²) < 4.78 is 2.01. The molecule has 2 aromatic rings. The lowest BCUT2D eigenvalue weighted by atomic mass is 10.4. The summed E-state index contributed by atoms with van der Waals surface area (Å²) in [6.07, 6.45) is 6.25. The topological polar surface area (TPSA) is 92.9 Å². The Bertz CT molecular complexity index is 535. The fraction of sp³-hybridized carbons (Fsp3) is 0.273. The number of carbonyl (C=O) groups is 1. The molecule has 0 unspecified atom stereocenters. The van der Waals surface area contributed by atoms with Crippen molar-refractivity contribution in [2.24, 2.45) is 0 Å². The van der Waals surface area contributed by atoms with Crippen molar-refractivity contribution in [1.29, 1.82) is 0 Å². The Labute approximate surface area is 104 Å². The van der Waals surface area contributed by atoms with Crippen LogP contribution >= 0.6 is 0 Å². The average molecular weight is 247 g/mol. The van der Waals surface area contributed by atoms with E-state index in [4.69, 9.17) is 5.11 Å². The standard InChI is InChI=1S/C11H13N5O2/c1-2-16-4-3-12-10(16)7-15-9-6-13-8(5-14-9)11(17)18/h3-6H,2,7H2,1H3,(H,14,15)(H,17,18). The zero-order valence-electron chi connectivity index (χ0n) is 9.87. The summed E-state index contributed by atoms with van der Waals surface area (Å²) in [5.74, 6) is 0.322. The van der Waals surface area contributed by atoms with Gasteiger partial charge >= 0.3 is 5.97 Å². The van der Waals surface area contributed by atoms with Crippen LogP contribution in [0.1, 0.15) is 23.2 Å². The SMILES string of the molecule is CCn1ccnc1CNc1cnc(C(=O)O)cn1. The van der Waals surface area contributed by atoms with E-state index >= 15 is 0 Å². The summed E-state index contributed by atoms with van der Waals surface area (Å²) in [5, 5.41) is 11.7. The number of nitrogens with zero attached hydrogens (tertiary/aromatic N) is 4. The van der Waals surface area contributed by atoms with Crippen molar-refractivity contribution in [3.05, 3.63) is 36.3 Å². The molecule has 0 aliphatic carbocycles. The van der Waals surface area contributed by atoms with E-state index in [9.17, 15) is 4.79 Å². The van der Waals surface area contributed by atoms with Gasteiger partial charge in [-0.25, -0.2) is 19.7 Å². The minimum Gasteiger partial charge on any atom is -0.476 e. The number of aromatic carboxylic acids is 1. The number of anilines is 1. The van der Waals surface area contributed by atoms with E-state index < -0.39 is 5.97 Å². The van der Waals surface area contributed by atoms with Crippen molar-refractivity contribution < 1.29 is 9.90 Å². The average Bonchev–Trinajstić information content (AvgIpc) is 2.84. The first-order valence-electron chi connectivity index (χ1n) is 5.50. The lowest BCUT2D eigenvalue weighted by molar-refractivity contribution is 0.0690. The van der Waals surface area contributed by atoms with Crippen molar-refractivity contribution in [3.8, 4) is 0 Å². The number of rotatable bonds is 5. The summed E-state index contributed by atoms with van der Waals surface area (Å²) in [6, 6.07) is 0. The van der Waals surface area contributed by atoms with Crippen LogP contribution in [0.5, 0.6) is 0 Å². The quantitative estimate of drug-likeness (QED) is 0.818. The van der Waals surface area contributed by atoms with Gasteiger partial charge in [0, 0.05) is 18.9 Å². The molecule has 0 fully saturated rings. The Morgan fingerprint density at radius 3 is 2.83 bits per heavy atom. The number of hydrogen-bond acceptors (Lipinski definition) is 5. The second-order valence-electron chi connectivity index (χ2n) is 3.58. The third-order valence-corrected chi connectivity index (χ3v) is 2.44. The molecule has 0 saturated heterocycles. The van der Waals surface area contributed by atoms with Crippen molar-refractivity contribution >= 4 is 11.8 Å².